The van der Waals surface area contributed by atoms with Gasteiger partial charge in [-0.3, -0.25) is 9.78 Å². The van der Waals surface area contributed by atoms with Crippen molar-refractivity contribution in [2.75, 3.05) is 25.0 Å². The number of amides is 1. The summed E-state index contributed by atoms with van der Waals surface area (Å²) < 4.78 is 13.9. The fraction of sp³-hybridized carbons (Fsp3) is 0.280. The molecule has 0 radical (unpaired) electrons. The van der Waals surface area contributed by atoms with Gasteiger partial charge < -0.3 is 19.7 Å². The molecule has 172 valence electrons. The van der Waals surface area contributed by atoms with E-state index in [4.69, 9.17) is 14.5 Å². The number of benzene rings is 1. The summed E-state index contributed by atoms with van der Waals surface area (Å²) in [5.41, 5.74) is 4.41. The zero-order chi connectivity index (χ0) is 22.9. The summed E-state index contributed by atoms with van der Waals surface area (Å²) in [4.78, 5) is 23.2. The van der Waals surface area contributed by atoms with Gasteiger partial charge in [0.05, 0.1) is 12.2 Å². The van der Waals surface area contributed by atoms with Gasteiger partial charge >= 0.3 is 0 Å². The molecule has 4 aromatic rings. The van der Waals surface area contributed by atoms with Crippen molar-refractivity contribution in [1.29, 1.82) is 0 Å². The molecule has 1 atom stereocenters. The van der Waals surface area contributed by atoms with E-state index in [9.17, 15) is 4.79 Å². The Morgan fingerprint density at radius 1 is 1.21 bits per heavy atom. The van der Waals surface area contributed by atoms with Gasteiger partial charge in [0.15, 0.2) is 5.65 Å². The molecule has 1 N–H and O–H groups in total. The van der Waals surface area contributed by atoms with E-state index in [0.29, 0.717) is 44.3 Å². The lowest BCUT2D eigenvalue weighted by Crippen LogP contribution is -2.40. The molecule has 5 heterocycles. The molecule has 2 aliphatic heterocycles. The number of carbonyl (C=O) groups excluding carboxylic acids is 1. The second kappa shape index (κ2) is 8.66. The highest BCUT2D eigenvalue weighted by atomic mass is 16.5. The number of pyridine rings is 1. The summed E-state index contributed by atoms with van der Waals surface area (Å²) in [6.45, 7) is 2.07. The van der Waals surface area contributed by atoms with Crippen molar-refractivity contribution in [3.63, 3.8) is 0 Å². The minimum absolute atomic E-state index is 0.0457. The van der Waals surface area contributed by atoms with Gasteiger partial charge in [-0.2, -0.15) is 10.1 Å². The lowest BCUT2D eigenvalue weighted by molar-refractivity contribution is -0.129. The Balaban J connectivity index is 1.38. The van der Waals surface area contributed by atoms with Crippen LogP contribution in [0.1, 0.15) is 18.4 Å². The van der Waals surface area contributed by atoms with Crippen molar-refractivity contribution in [3.05, 3.63) is 66.7 Å². The topological polar surface area (TPSA) is 93.9 Å². The number of hydrogen-bond acceptors (Lipinski definition) is 7. The number of ether oxygens (including phenoxy) is 2. The molecule has 9 heteroatoms. The third kappa shape index (κ3) is 4.00. The molecule has 0 aliphatic carbocycles. The largest absolute Gasteiger partial charge is 0.489 e. The van der Waals surface area contributed by atoms with Gasteiger partial charge in [0, 0.05) is 67.0 Å². The van der Waals surface area contributed by atoms with Crippen LogP contribution in [0.3, 0.4) is 0 Å². The first-order valence-corrected chi connectivity index (χ1v) is 11.4. The Labute approximate surface area is 196 Å². The normalized spacial score (nSPS) is 17.7. The number of nitrogens with one attached hydrogen (secondary N) is 1. The van der Waals surface area contributed by atoms with E-state index < -0.39 is 0 Å². The van der Waals surface area contributed by atoms with Gasteiger partial charge in [-0.05, 0) is 30.2 Å². The van der Waals surface area contributed by atoms with Crippen molar-refractivity contribution < 1.29 is 14.3 Å². The molecular formula is C25H24N6O3. The highest BCUT2D eigenvalue weighted by Crippen LogP contribution is 2.32. The van der Waals surface area contributed by atoms with E-state index in [0.717, 1.165) is 34.5 Å². The maximum absolute atomic E-state index is 12.5. The van der Waals surface area contributed by atoms with Crippen LogP contribution in [0.25, 0.3) is 16.8 Å². The zero-order valence-corrected chi connectivity index (χ0v) is 18.6. The van der Waals surface area contributed by atoms with Crippen LogP contribution >= 0.6 is 0 Å². The molecule has 4 bridgehead atoms. The number of anilines is 1. The molecule has 0 saturated carbocycles. The molecule has 0 unspecified atom stereocenters. The van der Waals surface area contributed by atoms with Crippen LogP contribution in [0.5, 0.6) is 11.6 Å². The van der Waals surface area contributed by atoms with Crippen molar-refractivity contribution >= 4 is 17.2 Å². The minimum Gasteiger partial charge on any atom is -0.489 e. The molecule has 1 fully saturated rings. The summed E-state index contributed by atoms with van der Waals surface area (Å²) in [6, 6.07) is 11.7. The number of nitrogens with zero attached hydrogens (tertiary/aromatic N) is 5. The van der Waals surface area contributed by atoms with Gasteiger partial charge in [0.2, 0.25) is 11.8 Å². The number of fused-ring (bicyclic) bond motifs is 5. The van der Waals surface area contributed by atoms with Crippen LogP contribution in [0.4, 0.5) is 5.69 Å². The minimum atomic E-state index is 0.0457. The number of aromatic nitrogens is 4. The summed E-state index contributed by atoms with van der Waals surface area (Å²) in [5, 5.41) is 7.93. The van der Waals surface area contributed by atoms with Gasteiger partial charge in [0.25, 0.3) is 0 Å². The standard InChI is InChI=1S/C25H24N6O3/c32-24-4-3-20-16-34-23-5-8-31-25(29-23)22(14-28-31)18-10-19(27-7-9-30(20)24)12-21(11-18)33-15-17-2-1-6-26-13-17/h1-2,5-6,8,10-14,20,27H,3-4,7,9,15-16H2/t20-/m0/s1. The third-order valence-corrected chi connectivity index (χ3v) is 6.25. The fourth-order valence-electron chi connectivity index (χ4n) is 4.50. The smallest absolute Gasteiger partial charge is 0.223 e. The van der Waals surface area contributed by atoms with E-state index in [1.807, 2.05) is 35.4 Å². The van der Waals surface area contributed by atoms with Crippen LogP contribution < -0.4 is 14.8 Å². The SMILES string of the molecule is O=C1CC[C@H]2COc3ccn4ncc(c4n3)-c3cc(cc(OCc4cccnc4)c3)NCCN12. The molecule has 2 aliphatic rings. The maximum Gasteiger partial charge on any atom is 0.223 e. The molecule has 0 spiro atoms. The molecule has 1 saturated heterocycles. The molecule has 1 aromatic carbocycles. The van der Waals surface area contributed by atoms with Crippen LogP contribution in [-0.4, -0.2) is 56.1 Å². The molecule has 9 nitrogen and oxygen atoms in total. The highest BCUT2D eigenvalue weighted by molar-refractivity contribution is 5.81. The van der Waals surface area contributed by atoms with Crippen molar-refractivity contribution in [1.82, 2.24) is 24.5 Å². The van der Waals surface area contributed by atoms with Gasteiger partial charge in [-0.15, -0.1) is 0 Å². The van der Waals surface area contributed by atoms with Crippen LogP contribution in [0.15, 0.2) is 61.2 Å². The molecule has 34 heavy (non-hydrogen) atoms. The monoisotopic (exact) mass is 456 g/mol. The average Bonchev–Trinajstić information content (AvgIpc) is 3.44. The van der Waals surface area contributed by atoms with Crippen molar-refractivity contribution in [2.45, 2.75) is 25.5 Å². The quantitative estimate of drug-likeness (QED) is 0.506. The van der Waals surface area contributed by atoms with Gasteiger partial charge in [-0.1, -0.05) is 6.07 Å². The molecule has 6 rings (SSSR count). The summed E-state index contributed by atoms with van der Waals surface area (Å²) in [7, 11) is 0. The second-order valence-electron chi connectivity index (χ2n) is 8.51. The first kappa shape index (κ1) is 20.5. The Hall–Kier alpha value is -4.14. The summed E-state index contributed by atoms with van der Waals surface area (Å²) in [6.07, 6.45) is 8.52. The second-order valence-corrected chi connectivity index (χ2v) is 8.51. The predicted molar refractivity (Wildman–Crippen MR) is 126 cm³/mol. The van der Waals surface area contributed by atoms with E-state index in [1.165, 1.54) is 0 Å². The molecule has 1 amide bonds. The Morgan fingerprint density at radius 3 is 3.09 bits per heavy atom. The lowest BCUT2D eigenvalue weighted by Gasteiger charge is -2.25. The zero-order valence-electron chi connectivity index (χ0n) is 18.6. The molecule has 3 aromatic heterocycles. The lowest BCUT2D eigenvalue weighted by atomic mass is 10.1. The van der Waals surface area contributed by atoms with Crippen molar-refractivity contribution in [2.24, 2.45) is 0 Å². The van der Waals surface area contributed by atoms with Crippen LogP contribution in [0, 0.1) is 0 Å². The predicted octanol–water partition coefficient (Wildman–Crippen LogP) is 3.17. The van der Waals surface area contributed by atoms with Crippen LogP contribution in [-0.2, 0) is 11.4 Å². The summed E-state index contributed by atoms with van der Waals surface area (Å²) in [5.74, 6) is 1.41. The number of hydrogen-bond donors (Lipinski definition) is 1. The van der Waals surface area contributed by atoms with Gasteiger partial charge in [-0.25, -0.2) is 4.52 Å². The Bertz CT molecular complexity index is 1340. The molecular weight excluding hydrogens is 432 g/mol. The van der Waals surface area contributed by atoms with Crippen LogP contribution in [0.2, 0.25) is 0 Å². The summed E-state index contributed by atoms with van der Waals surface area (Å²) >= 11 is 0. The maximum atomic E-state index is 12.5. The Morgan fingerprint density at radius 2 is 2.18 bits per heavy atom. The van der Waals surface area contributed by atoms with E-state index in [1.54, 1.807) is 29.2 Å². The highest BCUT2D eigenvalue weighted by Gasteiger charge is 2.31. The average molecular weight is 457 g/mol. The third-order valence-electron chi connectivity index (χ3n) is 6.25. The van der Waals surface area contributed by atoms with Gasteiger partial charge in [0.1, 0.15) is 19.0 Å². The van der Waals surface area contributed by atoms with E-state index >= 15 is 0 Å². The Kier molecular flexibility index (Phi) is 5.21. The number of rotatable bonds is 3. The number of carbonyl (C=O) groups is 1. The van der Waals surface area contributed by atoms with E-state index in [-0.39, 0.29) is 11.9 Å². The van der Waals surface area contributed by atoms with E-state index in [2.05, 4.69) is 21.5 Å². The van der Waals surface area contributed by atoms with Crippen molar-refractivity contribution in [3.8, 4) is 22.8 Å². The first-order chi connectivity index (χ1) is 16.7. The first-order valence-electron chi connectivity index (χ1n) is 11.4. The fourth-order valence-corrected chi connectivity index (χ4v) is 4.50.